The minimum Gasteiger partial charge on any atom is -0.507 e. The van der Waals surface area contributed by atoms with Gasteiger partial charge in [-0.25, -0.2) is 4.90 Å². The summed E-state index contributed by atoms with van der Waals surface area (Å²) in [7, 11) is 0. The molecule has 53 heavy (non-hydrogen) atoms. The van der Waals surface area contributed by atoms with Crippen molar-refractivity contribution < 1.29 is 56.0 Å². The van der Waals surface area contributed by atoms with Gasteiger partial charge >= 0.3 is 12.4 Å². The van der Waals surface area contributed by atoms with E-state index in [0.717, 1.165) is 17.6 Å². The first kappa shape index (κ1) is 39.6. The van der Waals surface area contributed by atoms with Crippen LogP contribution in [0.3, 0.4) is 0 Å². The zero-order valence-corrected chi connectivity index (χ0v) is 29.4. The number of ether oxygens (including phenoxy) is 1. The van der Waals surface area contributed by atoms with Crippen LogP contribution in [-0.4, -0.2) is 46.5 Å². The molecule has 4 atom stereocenters. The fourth-order valence-electron chi connectivity index (χ4n) is 7.48. The number of phenols is 1. The molecule has 7 nitrogen and oxygen atoms in total. The van der Waals surface area contributed by atoms with Gasteiger partial charge in [-0.1, -0.05) is 43.2 Å². The van der Waals surface area contributed by atoms with Gasteiger partial charge in [0.2, 0.25) is 11.8 Å². The third kappa shape index (κ3) is 8.62. The fourth-order valence-corrected chi connectivity index (χ4v) is 7.48. The van der Waals surface area contributed by atoms with Gasteiger partial charge in [0.1, 0.15) is 18.1 Å². The predicted molar refractivity (Wildman–Crippen MR) is 186 cm³/mol. The van der Waals surface area contributed by atoms with Crippen LogP contribution in [0.4, 0.5) is 32.0 Å². The molecule has 3 N–H and O–H groups in total. The number of imide groups is 1. The number of aliphatic hydroxyl groups is 2. The number of allylic oxidation sites excluding steroid dienone is 1. The number of para-hydroxylation sites is 1. The summed E-state index contributed by atoms with van der Waals surface area (Å²) >= 11 is 0. The van der Waals surface area contributed by atoms with E-state index in [9.17, 15) is 51.3 Å². The maximum atomic E-state index is 14.0. The molecule has 2 amide bonds. The van der Waals surface area contributed by atoms with Gasteiger partial charge in [0.15, 0.2) is 0 Å². The van der Waals surface area contributed by atoms with Crippen molar-refractivity contribution >= 4 is 23.6 Å². The van der Waals surface area contributed by atoms with Gasteiger partial charge in [0.05, 0.1) is 41.4 Å². The summed E-state index contributed by atoms with van der Waals surface area (Å²) in [5, 5.41) is 32.8. The van der Waals surface area contributed by atoms with Crippen LogP contribution in [0, 0.1) is 31.6 Å². The number of hydrogen-bond donors (Lipinski definition) is 3. The number of aliphatic hydroxyl groups excluding tert-OH is 2. The lowest BCUT2D eigenvalue weighted by atomic mass is 9.68. The Bertz CT molecular complexity index is 1850. The Morgan fingerprint density at radius 2 is 1.53 bits per heavy atom. The molecular weight excluding hydrogens is 704 g/mol. The second kappa shape index (κ2) is 15.8. The molecule has 1 aliphatic heterocycles. The van der Waals surface area contributed by atoms with Crippen molar-refractivity contribution in [1.82, 2.24) is 0 Å². The predicted octanol–water partition coefficient (Wildman–Crippen LogP) is 8.56. The van der Waals surface area contributed by atoms with Gasteiger partial charge in [-0.3, -0.25) is 9.59 Å². The molecule has 284 valence electrons. The van der Waals surface area contributed by atoms with Crippen LogP contribution < -0.4 is 9.64 Å². The number of carbonyl (C=O) groups excluding carboxylic acids is 2. The highest BCUT2D eigenvalue weighted by molar-refractivity contribution is 6.22. The second-order valence-electron chi connectivity index (χ2n) is 13.7. The molecule has 5 rings (SSSR count). The number of aryl methyl sites for hydroxylation is 2. The van der Waals surface area contributed by atoms with E-state index in [4.69, 9.17) is 4.74 Å². The Morgan fingerprint density at radius 1 is 0.925 bits per heavy atom. The number of nitrogens with zero attached hydrogens (tertiary/aromatic N) is 1. The smallest absolute Gasteiger partial charge is 0.416 e. The molecule has 2 aliphatic rings. The zero-order chi connectivity index (χ0) is 38.8. The van der Waals surface area contributed by atoms with E-state index in [1.165, 1.54) is 0 Å². The van der Waals surface area contributed by atoms with Crippen LogP contribution in [0.5, 0.6) is 11.5 Å². The SMILES string of the molecule is CCC/C(=C\c1cc(C)c(O)c(C)c1)CC[C@@H](O)C1=C(COc2ccccc2)C[C@H]2C(=O)N(c3cc(C(F)(F)F)cc(C(F)(F)F)c3)C(=O)[C@H]2[C@H]1CO. The number of fused-ring (bicyclic) bond motifs is 1. The first-order chi connectivity index (χ1) is 24.9. The summed E-state index contributed by atoms with van der Waals surface area (Å²) in [5.74, 6) is -5.23. The van der Waals surface area contributed by atoms with Crippen LogP contribution in [0.1, 0.15) is 66.8 Å². The molecule has 0 aromatic heterocycles. The first-order valence-corrected chi connectivity index (χ1v) is 17.3. The van der Waals surface area contributed by atoms with Crippen molar-refractivity contribution in [3.8, 4) is 11.5 Å². The molecular formula is C40H41F6NO6. The summed E-state index contributed by atoms with van der Waals surface area (Å²) < 4.78 is 88.5. The minimum atomic E-state index is -5.21. The topological polar surface area (TPSA) is 107 Å². The number of aromatic hydroxyl groups is 1. The first-order valence-electron chi connectivity index (χ1n) is 17.3. The van der Waals surface area contributed by atoms with Crippen LogP contribution in [-0.2, 0) is 21.9 Å². The van der Waals surface area contributed by atoms with Gasteiger partial charge in [-0.15, -0.1) is 0 Å². The molecule has 0 radical (unpaired) electrons. The number of alkyl halides is 6. The maximum absolute atomic E-state index is 14.0. The monoisotopic (exact) mass is 745 g/mol. The normalized spacial score (nSPS) is 20.2. The van der Waals surface area contributed by atoms with Gasteiger partial charge in [-0.05, 0) is 110 Å². The summed E-state index contributed by atoms with van der Waals surface area (Å²) in [6, 6.07) is 12.8. The molecule has 13 heteroatoms. The molecule has 3 aromatic rings. The molecule has 0 saturated carbocycles. The average molecular weight is 746 g/mol. The van der Waals surface area contributed by atoms with Crippen molar-refractivity contribution in [2.24, 2.45) is 17.8 Å². The van der Waals surface area contributed by atoms with Gasteiger partial charge in [0.25, 0.3) is 0 Å². The van der Waals surface area contributed by atoms with Gasteiger partial charge < -0.3 is 20.1 Å². The van der Waals surface area contributed by atoms with E-state index in [0.29, 0.717) is 52.3 Å². The third-order valence-electron chi connectivity index (χ3n) is 9.92. The maximum Gasteiger partial charge on any atom is 0.416 e. The third-order valence-corrected chi connectivity index (χ3v) is 9.92. The van der Waals surface area contributed by atoms with E-state index in [-0.39, 0.29) is 36.8 Å². The van der Waals surface area contributed by atoms with Crippen molar-refractivity contribution in [3.05, 3.63) is 105 Å². The van der Waals surface area contributed by atoms with Crippen molar-refractivity contribution in [3.63, 3.8) is 0 Å². The molecule has 0 unspecified atom stereocenters. The molecule has 3 aromatic carbocycles. The molecule has 1 aliphatic carbocycles. The highest BCUT2D eigenvalue weighted by Crippen LogP contribution is 2.49. The largest absolute Gasteiger partial charge is 0.507 e. The summed E-state index contributed by atoms with van der Waals surface area (Å²) in [6.07, 6.45) is -7.90. The lowest BCUT2D eigenvalue weighted by Crippen LogP contribution is -2.40. The highest BCUT2D eigenvalue weighted by atomic mass is 19.4. The Balaban J connectivity index is 1.51. The standard InChI is InChI=1S/C40H41F6NO6/c1-4-8-24(15-25-13-22(2)36(50)23(3)14-25)11-12-33(49)34-26(21-53-30-9-6-5-7-10-30)16-31-35(32(34)20-48)38(52)47(37(31)51)29-18-27(39(41,42)43)17-28(19-29)40(44,45)46/h5-7,9-10,13-15,17-19,31-33,35,48-50H,4,8,11-12,16,20-21H2,1-3H3/b24-15+/t31-,32+,33-,35-/m1/s1. The van der Waals surface area contributed by atoms with Crippen LogP contribution in [0.2, 0.25) is 0 Å². The number of benzene rings is 3. The number of amides is 2. The number of rotatable bonds is 12. The van der Waals surface area contributed by atoms with Crippen LogP contribution in [0.25, 0.3) is 6.08 Å². The second-order valence-corrected chi connectivity index (χ2v) is 13.7. The summed E-state index contributed by atoms with van der Waals surface area (Å²) in [4.78, 5) is 28.2. The lowest BCUT2D eigenvalue weighted by molar-refractivity contribution is -0.143. The lowest BCUT2D eigenvalue weighted by Gasteiger charge is -2.36. The Hall–Kier alpha value is -4.62. The molecule has 0 bridgehead atoms. The van der Waals surface area contributed by atoms with Crippen molar-refractivity contribution in [2.45, 2.75) is 71.3 Å². The summed E-state index contributed by atoms with van der Waals surface area (Å²) in [5.41, 5.74) is -0.357. The highest BCUT2D eigenvalue weighted by Gasteiger charge is 2.56. The molecule has 1 heterocycles. The van der Waals surface area contributed by atoms with Crippen molar-refractivity contribution in [1.29, 1.82) is 0 Å². The van der Waals surface area contributed by atoms with Gasteiger partial charge in [0, 0.05) is 5.92 Å². The average Bonchev–Trinajstić information content (AvgIpc) is 3.35. The Kier molecular flexibility index (Phi) is 11.8. The van der Waals surface area contributed by atoms with Crippen molar-refractivity contribution in [2.75, 3.05) is 18.1 Å². The molecule has 1 saturated heterocycles. The number of halogens is 6. The van der Waals surface area contributed by atoms with E-state index in [1.807, 2.05) is 25.1 Å². The van der Waals surface area contributed by atoms with E-state index >= 15 is 0 Å². The molecule has 0 spiro atoms. The summed E-state index contributed by atoms with van der Waals surface area (Å²) in [6.45, 7) is 4.67. The zero-order valence-electron chi connectivity index (χ0n) is 29.4. The van der Waals surface area contributed by atoms with E-state index in [1.54, 1.807) is 44.2 Å². The van der Waals surface area contributed by atoms with Crippen LogP contribution >= 0.6 is 0 Å². The van der Waals surface area contributed by atoms with Crippen LogP contribution in [0.15, 0.2) is 77.4 Å². The Morgan fingerprint density at radius 3 is 2.08 bits per heavy atom. The minimum absolute atomic E-state index is 0.0849. The quantitative estimate of drug-likeness (QED) is 0.0975. The number of anilines is 1. The van der Waals surface area contributed by atoms with E-state index < -0.39 is 71.4 Å². The van der Waals surface area contributed by atoms with Gasteiger partial charge in [-0.2, -0.15) is 26.3 Å². The Labute approximate surface area is 303 Å². The number of carbonyl (C=O) groups is 2. The number of phenolic OH excluding ortho intramolecular Hbond substituents is 1. The molecule has 1 fully saturated rings. The fraction of sp³-hybridized carbons (Fsp3) is 0.400. The number of hydrogen-bond acceptors (Lipinski definition) is 6. The van der Waals surface area contributed by atoms with E-state index in [2.05, 4.69) is 0 Å².